The van der Waals surface area contributed by atoms with E-state index in [1.807, 2.05) is 12.3 Å². The number of aliphatic hydroxyl groups excluding tert-OH is 1. The molecule has 0 radical (unpaired) electrons. The van der Waals surface area contributed by atoms with Gasteiger partial charge < -0.3 is 15.7 Å². The van der Waals surface area contributed by atoms with E-state index < -0.39 is 0 Å². The first-order valence-corrected chi connectivity index (χ1v) is 7.45. The number of aryl methyl sites for hydroxylation is 1. The van der Waals surface area contributed by atoms with Gasteiger partial charge in [0.1, 0.15) is 0 Å². The molecule has 0 aliphatic carbocycles. The molecule has 1 heterocycles. The van der Waals surface area contributed by atoms with E-state index in [2.05, 4.69) is 29.5 Å². The van der Waals surface area contributed by atoms with E-state index in [-0.39, 0.29) is 18.7 Å². The molecular weight excluding hydrogens is 262 g/mol. The van der Waals surface area contributed by atoms with Crippen LogP contribution in [0.4, 0.5) is 4.79 Å². The number of thiazole rings is 1. The molecular formula is C13H23N3O2S. The van der Waals surface area contributed by atoms with Gasteiger partial charge in [-0.2, -0.15) is 0 Å². The van der Waals surface area contributed by atoms with E-state index in [9.17, 15) is 9.90 Å². The SMILES string of the molecule is Cc1nc(CCNC(=O)NC(CO)CC(C)C)cs1. The molecule has 19 heavy (non-hydrogen) atoms. The van der Waals surface area contributed by atoms with Gasteiger partial charge in [-0.05, 0) is 19.3 Å². The van der Waals surface area contributed by atoms with Gasteiger partial charge in [-0.3, -0.25) is 0 Å². The molecule has 3 N–H and O–H groups in total. The lowest BCUT2D eigenvalue weighted by Gasteiger charge is -2.18. The normalized spacial score (nSPS) is 12.5. The Bertz CT molecular complexity index is 393. The molecule has 2 amide bonds. The van der Waals surface area contributed by atoms with Crippen LogP contribution in [0.3, 0.4) is 0 Å². The number of urea groups is 1. The quantitative estimate of drug-likeness (QED) is 0.714. The van der Waals surface area contributed by atoms with Gasteiger partial charge in [0.05, 0.1) is 23.4 Å². The van der Waals surface area contributed by atoms with E-state index >= 15 is 0 Å². The highest BCUT2D eigenvalue weighted by Crippen LogP contribution is 2.07. The predicted octanol–water partition coefficient (Wildman–Crippen LogP) is 1.70. The molecule has 1 unspecified atom stereocenters. The first kappa shape index (κ1) is 15.9. The summed E-state index contributed by atoms with van der Waals surface area (Å²) >= 11 is 1.61. The fraction of sp³-hybridized carbons (Fsp3) is 0.692. The number of amides is 2. The van der Waals surface area contributed by atoms with Crippen LogP contribution in [0.2, 0.25) is 0 Å². The smallest absolute Gasteiger partial charge is 0.315 e. The summed E-state index contributed by atoms with van der Waals surface area (Å²) < 4.78 is 0. The van der Waals surface area contributed by atoms with Crippen LogP contribution in [0, 0.1) is 12.8 Å². The van der Waals surface area contributed by atoms with Gasteiger partial charge in [0, 0.05) is 18.3 Å². The second-order valence-electron chi connectivity index (χ2n) is 5.02. The summed E-state index contributed by atoms with van der Waals surface area (Å²) in [7, 11) is 0. The predicted molar refractivity (Wildman–Crippen MR) is 77.4 cm³/mol. The molecule has 1 aromatic rings. The van der Waals surface area contributed by atoms with Crippen LogP contribution in [0.15, 0.2) is 5.38 Å². The molecule has 108 valence electrons. The lowest BCUT2D eigenvalue weighted by atomic mass is 10.0. The average Bonchev–Trinajstić information content (AvgIpc) is 2.73. The van der Waals surface area contributed by atoms with Gasteiger partial charge >= 0.3 is 6.03 Å². The van der Waals surface area contributed by atoms with Crippen molar-refractivity contribution in [3.8, 4) is 0 Å². The summed E-state index contributed by atoms with van der Waals surface area (Å²) in [5.41, 5.74) is 1.00. The molecule has 6 heteroatoms. The maximum Gasteiger partial charge on any atom is 0.315 e. The van der Waals surface area contributed by atoms with Crippen molar-refractivity contribution >= 4 is 17.4 Å². The summed E-state index contributed by atoms with van der Waals surface area (Å²) in [6.45, 7) is 6.61. The van der Waals surface area contributed by atoms with Crippen LogP contribution in [0.5, 0.6) is 0 Å². The number of nitrogens with zero attached hydrogens (tertiary/aromatic N) is 1. The van der Waals surface area contributed by atoms with E-state index in [0.717, 1.165) is 23.5 Å². The maximum absolute atomic E-state index is 11.6. The number of aliphatic hydroxyl groups is 1. The third-order valence-corrected chi connectivity index (χ3v) is 3.47. The molecule has 0 bridgehead atoms. The Hall–Kier alpha value is -1.14. The van der Waals surface area contributed by atoms with Gasteiger partial charge in [0.2, 0.25) is 0 Å². The van der Waals surface area contributed by atoms with Gasteiger partial charge in [0.15, 0.2) is 0 Å². The summed E-state index contributed by atoms with van der Waals surface area (Å²) in [5, 5.41) is 17.8. The molecule has 0 spiro atoms. The molecule has 0 aliphatic heterocycles. The summed E-state index contributed by atoms with van der Waals surface area (Å²) in [5.74, 6) is 0.440. The molecule has 0 aromatic carbocycles. The number of aromatic nitrogens is 1. The first-order chi connectivity index (χ1) is 9.01. The van der Waals surface area contributed by atoms with Crippen molar-refractivity contribution in [3.63, 3.8) is 0 Å². The fourth-order valence-electron chi connectivity index (χ4n) is 1.81. The zero-order valence-electron chi connectivity index (χ0n) is 11.8. The second-order valence-corrected chi connectivity index (χ2v) is 6.08. The minimum atomic E-state index is -0.230. The molecule has 1 atom stereocenters. The van der Waals surface area contributed by atoms with Crippen molar-refractivity contribution in [2.45, 2.75) is 39.7 Å². The molecule has 0 saturated carbocycles. The number of carbonyl (C=O) groups is 1. The van der Waals surface area contributed by atoms with Gasteiger partial charge in [0.25, 0.3) is 0 Å². The van der Waals surface area contributed by atoms with Gasteiger partial charge in [-0.25, -0.2) is 9.78 Å². The summed E-state index contributed by atoms with van der Waals surface area (Å²) in [4.78, 5) is 16.0. The zero-order valence-corrected chi connectivity index (χ0v) is 12.6. The molecule has 1 rings (SSSR count). The molecule has 0 saturated heterocycles. The van der Waals surface area contributed by atoms with Crippen molar-refractivity contribution in [3.05, 3.63) is 16.1 Å². The van der Waals surface area contributed by atoms with E-state index in [4.69, 9.17) is 0 Å². The fourth-order valence-corrected chi connectivity index (χ4v) is 2.46. The maximum atomic E-state index is 11.6. The molecule has 5 nitrogen and oxygen atoms in total. The van der Waals surface area contributed by atoms with E-state index in [0.29, 0.717) is 12.5 Å². The topological polar surface area (TPSA) is 74.2 Å². The highest BCUT2D eigenvalue weighted by molar-refractivity contribution is 7.09. The zero-order chi connectivity index (χ0) is 14.3. The number of nitrogens with one attached hydrogen (secondary N) is 2. The van der Waals surface area contributed by atoms with Crippen LogP contribution in [0.25, 0.3) is 0 Å². The minimum Gasteiger partial charge on any atom is -0.394 e. The van der Waals surface area contributed by atoms with Gasteiger partial charge in [-0.15, -0.1) is 11.3 Å². The number of rotatable bonds is 7. The van der Waals surface area contributed by atoms with Crippen LogP contribution in [-0.2, 0) is 6.42 Å². The Kier molecular flexibility index (Phi) is 6.80. The first-order valence-electron chi connectivity index (χ1n) is 6.57. The van der Waals surface area contributed by atoms with Crippen molar-refractivity contribution in [2.75, 3.05) is 13.2 Å². The Morgan fingerprint density at radius 1 is 1.53 bits per heavy atom. The average molecular weight is 285 g/mol. The molecule has 0 aliphatic rings. The van der Waals surface area contributed by atoms with Crippen LogP contribution in [0.1, 0.15) is 31.0 Å². The summed E-state index contributed by atoms with van der Waals surface area (Å²) in [6, 6.07) is -0.409. The highest BCUT2D eigenvalue weighted by Gasteiger charge is 2.12. The van der Waals surface area contributed by atoms with Crippen molar-refractivity contribution in [1.82, 2.24) is 15.6 Å². The van der Waals surface area contributed by atoms with Crippen molar-refractivity contribution in [1.29, 1.82) is 0 Å². The lowest BCUT2D eigenvalue weighted by Crippen LogP contribution is -2.44. The second kappa shape index (κ2) is 8.12. The molecule has 0 fully saturated rings. The Labute approximate surface area is 118 Å². The highest BCUT2D eigenvalue weighted by atomic mass is 32.1. The Morgan fingerprint density at radius 2 is 2.26 bits per heavy atom. The largest absolute Gasteiger partial charge is 0.394 e. The Balaban J connectivity index is 2.23. The number of carbonyl (C=O) groups excluding carboxylic acids is 1. The summed E-state index contributed by atoms with van der Waals surface area (Å²) in [6.07, 6.45) is 1.50. The molecule has 1 aromatic heterocycles. The van der Waals surface area contributed by atoms with E-state index in [1.54, 1.807) is 11.3 Å². The van der Waals surface area contributed by atoms with Crippen LogP contribution >= 0.6 is 11.3 Å². The van der Waals surface area contributed by atoms with Crippen molar-refractivity contribution < 1.29 is 9.90 Å². The lowest BCUT2D eigenvalue weighted by molar-refractivity contribution is 0.207. The van der Waals surface area contributed by atoms with Crippen molar-refractivity contribution in [2.24, 2.45) is 5.92 Å². The van der Waals surface area contributed by atoms with Crippen LogP contribution in [-0.4, -0.2) is 35.3 Å². The van der Waals surface area contributed by atoms with E-state index in [1.165, 1.54) is 0 Å². The number of hydrogen-bond donors (Lipinski definition) is 3. The number of hydrogen-bond acceptors (Lipinski definition) is 4. The minimum absolute atomic E-state index is 0.0309. The third-order valence-electron chi connectivity index (χ3n) is 2.64. The standard InChI is InChI=1S/C13H23N3O2S/c1-9(2)6-12(7-17)16-13(18)14-5-4-11-8-19-10(3)15-11/h8-9,12,17H,4-7H2,1-3H3,(H2,14,16,18). The monoisotopic (exact) mass is 285 g/mol. The van der Waals surface area contributed by atoms with Crippen LogP contribution < -0.4 is 10.6 Å². The Morgan fingerprint density at radius 3 is 2.79 bits per heavy atom. The van der Waals surface area contributed by atoms with Gasteiger partial charge in [-0.1, -0.05) is 13.8 Å². The third kappa shape index (κ3) is 6.54.